The summed E-state index contributed by atoms with van der Waals surface area (Å²) in [6.07, 6.45) is 0. The minimum Gasteiger partial charge on any atom is -0.494 e. The minimum absolute atomic E-state index is 0.372. The Labute approximate surface area is 144 Å². The molecule has 0 aliphatic rings. The van der Waals surface area contributed by atoms with Gasteiger partial charge in [-0.15, -0.1) is 0 Å². The normalized spacial score (nSPS) is 11.4. The molecule has 0 aromatic heterocycles. The van der Waals surface area contributed by atoms with Crippen molar-refractivity contribution >= 4 is 15.7 Å². The summed E-state index contributed by atoms with van der Waals surface area (Å²) in [7, 11) is -3.65. The monoisotopic (exact) mass is 347 g/mol. The highest BCUT2D eigenvalue weighted by Gasteiger charge is 2.23. The number of nitrogens with one attached hydrogen (secondary N) is 1. The Morgan fingerprint density at radius 1 is 0.833 bits per heavy atom. The first kappa shape index (κ1) is 18.3. The van der Waals surface area contributed by atoms with Gasteiger partial charge in [-0.3, -0.25) is 4.72 Å². The number of sulfonamides is 1. The molecule has 24 heavy (non-hydrogen) atoms. The fraction of sp³-hybridized carbons (Fsp3) is 0.368. The number of anilines is 1. The van der Waals surface area contributed by atoms with E-state index in [1.165, 1.54) is 0 Å². The lowest BCUT2D eigenvalue weighted by molar-refractivity contribution is 0.340. The lowest BCUT2D eigenvalue weighted by Crippen LogP contribution is -2.17. The second-order valence-corrected chi connectivity index (χ2v) is 7.64. The first-order chi connectivity index (χ1) is 11.2. The van der Waals surface area contributed by atoms with E-state index < -0.39 is 10.0 Å². The van der Waals surface area contributed by atoms with E-state index in [4.69, 9.17) is 4.74 Å². The highest BCUT2D eigenvalue weighted by Crippen LogP contribution is 2.31. The van der Waals surface area contributed by atoms with Gasteiger partial charge in [0.15, 0.2) is 0 Å². The number of benzene rings is 2. The number of ether oxygens (including phenoxy) is 1. The molecule has 0 fully saturated rings. The van der Waals surface area contributed by atoms with Crippen LogP contribution in [0.3, 0.4) is 0 Å². The molecule has 0 spiro atoms. The smallest absolute Gasteiger partial charge is 0.262 e. The lowest BCUT2D eigenvalue weighted by atomic mass is 9.95. The Morgan fingerprint density at radius 2 is 1.29 bits per heavy atom. The highest BCUT2D eigenvalue weighted by molar-refractivity contribution is 7.92. The molecule has 0 aliphatic carbocycles. The molecule has 2 aromatic rings. The Hall–Kier alpha value is -2.01. The maximum atomic E-state index is 12.9. The summed E-state index contributed by atoms with van der Waals surface area (Å²) in [5.74, 6) is 0.717. The van der Waals surface area contributed by atoms with Crippen molar-refractivity contribution in [1.82, 2.24) is 0 Å². The molecule has 5 heteroatoms. The van der Waals surface area contributed by atoms with Crippen molar-refractivity contribution in [3.8, 4) is 5.75 Å². The Bertz CT molecular complexity index is 824. The van der Waals surface area contributed by atoms with Crippen molar-refractivity contribution in [3.63, 3.8) is 0 Å². The summed E-state index contributed by atoms with van der Waals surface area (Å²) in [5, 5.41) is 0. The van der Waals surface area contributed by atoms with Crippen LogP contribution in [0.5, 0.6) is 5.75 Å². The molecule has 0 unspecified atom stereocenters. The maximum Gasteiger partial charge on any atom is 0.262 e. The zero-order chi connectivity index (χ0) is 18.1. The van der Waals surface area contributed by atoms with Crippen LogP contribution in [0.4, 0.5) is 5.69 Å². The summed E-state index contributed by atoms with van der Waals surface area (Å²) in [6.45, 7) is 12.2. The first-order valence-electron chi connectivity index (χ1n) is 8.01. The molecule has 4 nitrogen and oxygen atoms in total. The summed E-state index contributed by atoms with van der Waals surface area (Å²) >= 11 is 0. The van der Waals surface area contributed by atoms with Crippen molar-refractivity contribution in [2.75, 3.05) is 11.3 Å². The maximum absolute atomic E-state index is 12.9. The molecule has 0 aliphatic heterocycles. The molecule has 0 heterocycles. The van der Waals surface area contributed by atoms with Crippen molar-refractivity contribution in [1.29, 1.82) is 0 Å². The van der Waals surface area contributed by atoms with Crippen molar-refractivity contribution in [3.05, 3.63) is 52.1 Å². The highest BCUT2D eigenvalue weighted by atomic mass is 32.2. The largest absolute Gasteiger partial charge is 0.494 e. The van der Waals surface area contributed by atoms with Gasteiger partial charge in [-0.25, -0.2) is 8.42 Å². The molecule has 0 radical (unpaired) electrons. The summed E-state index contributed by atoms with van der Waals surface area (Å²) in [4.78, 5) is 0.372. The van der Waals surface area contributed by atoms with Crippen molar-refractivity contribution in [2.24, 2.45) is 0 Å². The van der Waals surface area contributed by atoms with E-state index in [1.54, 1.807) is 24.3 Å². The predicted octanol–water partition coefficient (Wildman–Crippen LogP) is 4.43. The zero-order valence-electron chi connectivity index (χ0n) is 15.1. The van der Waals surface area contributed by atoms with Crippen LogP contribution in [0.2, 0.25) is 0 Å². The van der Waals surface area contributed by atoms with Gasteiger partial charge in [0.25, 0.3) is 10.0 Å². The van der Waals surface area contributed by atoms with E-state index in [9.17, 15) is 8.42 Å². The molecule has 0 saturated carbocycles. The fourth-order valence-electron chi connectivity index (χ4n) is 2.86. The average molecular weight is 347 g/mol. The van der Waals surface area contributed by atoms with Crippen LogP contribution in [0.15, 0.2) is 29.2 Å². The van der Waals surface area contributed by atoms with Crippen LogP contribution >= 0.6 is 0 Å². The third-order valence-electron chi connectivity index (χ3n) is 4.62. The van der Waals surface area contributed by atoms with Crippen LogP contribution in [-0.2, 0) is 10.0 Å². The van der Waals surface area contributed by atoms with Crippen LogP contribution in [0, 0.1) is 34.6 Å². The molecule has 130 valence electrons. The van der Waals surface area contributed by atoms with Gasteiger partial charge >= 0.3 is 0 Å². The molecule has 2 rings (SSSR count). The van der Waals surface area contributed by atoms with E-state index in [0.29, 0.717) is 17.2 Å². The predicted molar refractivity (Wildman–Crippen MR) is 98.5 cm³/mol. The second kappa shape index (κ2) is 6.85. The van der Waals surface area contributed by atoms with Gasteiger partial charge in [0, 0.05) is 5.69 Å². The van der Waals surface area contributed by atoms with E-state index >= 15 is 0 Å². The molecule has 2 aromatic carbocycles. The molecule has 0 saturated heterocycles. The Morgan fingerprint density at radius 3 is 1.75 bits per heavy atom. The first-order valence-corrected chi connectivity index (χ1v) is 9.50. The van der Waals surface area contributed by atoms with Gasteiger partial charge in [0.2, 0.25) is 0 Å². The van der Waals surface area contributed by atoms with Gasteiger partial charge in [0.05, 0.1) is 11.5 Å². The van der Waals surface area contributed by atoms with Crippen molar-refractivity contribution in [2.45, 2.75) is 46.4 Å². The molecule has 0 bridgehead atoms. The third kappa shape index (κ3) is 3.41. The van der Waals surface area contributed by atoms with Crippen molar-refractivity contribution < 1.29 is 13.2 Å². The van der Waals surface area contributed by atoms with Crippen LogP contribution in [0.1, 0.15) is 34.7 Å². The van der Waals surface area contributed by atoms with Gasteiger partial charge in [-0.1, -0.05) is 0 Å². The van der Waals surface area contributed by atoms with Crippen LogP contribution in [0.25, 0.3) is 0 Å². The zero-order valence-corrected chi connectivity index (χ0v) is 16.0. The summed E-state index contributed by atoms with van der Waals surface area (Å²) in [5.41, 5.74) is 5.30. The molecular formula is C19H25NO3S. The number of hydrogen-bond acceptors (Lipinski definition) is 3. The topological polar surface area (TPSA) is 55.4 Å². The Kier molecular flexibility index (Phi) is 5.23. The van der Waals surface area contributed by atoms with Gasteiger partial charge in [-0.05, 0) is 93.6 Å². The summed E-state index contributed by atoms with van der Waals surface area (Å²) in [6, 6.07) is 6.93. The molecule has 0 atom stereocenters. The fourth-order valence-corrected chi connectivity index (χ4v) is 4.52. The SMILES string of the molecule is CCOc1ccc(NS(=O)(=O)c2c(C)c(C)c(C)c(C)c2C)cc1. The standard InChI is InChI=1S/C19H25NO3S/c1-7-23-18-10-8-17(9-11-18)20-24(21,22)19-15(5)13(3)12(2)14(4)16(19)6/h8-11,20H,7H2,1-6H3. The molecule has 1 N–H and O–H groups in total. The van der Waals surface area contributed by atoms with Crippen LogP contribution in [-0.4, -0.2) is 15.0 Å². The minimum atomic E-state index is -3.65. The molecular weight excluding hydrogens is 322 g/mol. The lowest BCUT2D eigenvalue weighted by Gasteiger charge is -2.19. The van der Waals surface area contributed by atoms with Gasteiger partial charge in [0.1, 0.15) is 5.75 Å². The number of hydrogen-bond donors (Lipinski definition) is 1. The quantitative estimate of drug-likeness (QED) is 0.870. The van der Waals surface area contributed by atoms with E-state index in [1.807, 2.05) is 41.5 Å². The average Bonchev–Trinajstić information content (AvgIpc) is 2.53. The van der Waals surface area contributed by atoms with Crippen LogP contribution < -0.4 is 9.46 Å². The molecule has 0 amide bonds. The van der Waals surface area contributed by atoms with Gasteiger partial charge in [-0.2, -0.15) is 0 Å². The van der Waals surface area contributed by atoms with E-state index in [0.717, 1.165) is 33.6 Å². The Balaban J connectivity index is 2.45. The number of rotatable bonds is 5. The van der Waals surface area contributed by atoms with Gasteiger partial charge < -0.3 is 4.74 Å². The summed E-state index contributed by atoms with van der Waals surface area (Å²) < 4.78 is 33.9. The van der Waals surface area contributed by atoms with E-state index in [2.05, 4.69) is 4.72 Å². The van der Waals surface area contributed by atoms with E-state index in [-0.39, 0.29) is 0 Å². The second-order valence-electron chi connectivity index (χ2n) is 6.02. The third-order valence-corrected chi connectivity index (χ3v) is 6.27.